The second-order valence-electron chi connectivity index (χ2n) is 6.39. The Morgan fingerprint density at radius 3 is 2.80 bits per heavy atom. The van der Waals surface area contributed by atoms with Crippen LogP contribution >= 0.6 is 0 Å². The molecule has 1 unspecified atom stereocenters. The number of amides is 1. The molecule has 1 saturated heterocycles. The molecule has 0 spiro atoms. The van der Waals surface area contributed by atoms with Gasteiger partial charge in [-0.2, -0.15) is 5.10 Å². The van der Waals surface area contributed by atoms with Crippen molar-refractivity contribution >= 4 is 12.0 Å². The lowest BCUT2D eigenvalue weighted by molar-refractivity contribution is -0.124. The van der Waals surface area contributed by atoms with E-state index in [9.17, 15) is 4.79 Å². The number of nitrogens with one attached hydrogen (secondary N) is 1. The minimum Gasteiger partial charge on any atom is -0.294 e. The van der Waals surface area contributed by atoms with Gasteiger partial charge in [-0.05, 0) is 49.6 Å². The first kappa shape index (κ1) is 17.4. The van der Waals surface area contributed by atoms with Crippen molar-refractivity contribution in [3.63, 3.8) is 0 Å². The lowest BCUT2D eigenvalue weighted by Gasteiger charge is -2.25. The highest BCUT2D eigenvalue weighted by Gasteiger charge is 2.25. The molecule has 1 aliphatic rings. The Balaban J connectivity index is 1.61. The first-order valence-corrected chi connectivity index (χ1v) is 8.62. The fourth-order valence-electron chi connectivity index (χ4n) is 3.33. The summed E-state index contributed by atoms with van der Waals surface area (Å²) in [5, 5.41) is 13.0. The zero-order chi connectivity index (χ0) is 17.6. The smallest absolute Gasteiger partial charge is 0.267 e. The summed E-state index contributed by atoms with van der Waals surface area (Å²) in [6.45, 7) is 5.02. The van der Waals surface area contributed by atoms with Crippen LogP contribution in [-0.4, -0.2) is 38.9 Å². The van der Waals surface area contributed by atoms with Crippen LogP contribution in [0.25, 0.3) is 6.08 Å². The second kappa shape index (κ2) is 8.09. The molecule has 6 nitrogen and oxygen atoms in total. The van der Waals surface area contributed by atoms with Crippen LogP contribution < -0.4 is 5.48 Å². The van der Waals surface area contributed by atoms with Gasteiger partial charge in [0.2, 0.25) is 0 Å². The van der Waals surface area contributed by atoms with Gasteiger partial charge in [0.05, 0.1) is 12.2 Å². The molecule has 1 atom stereocenters. The highest BCUT2D eigenvalue weighted by Crippen LogP contribution is 2.31. The van der Waals surface area contributed by atoms with Crippen molar-refractivity contribution in [3.8, 4) is 0 Å². The van der Waals surface area contributed by atoms with Crippen molar-refractivity contribution in [2.45, 2.75) is 32.4 Å². The number of hydrogen-bond acceptors (Lipinski definition) is 4. The first-order chi connectivity index (χ1) is 12.2. The molecule has 0 radical (unpaired) electrons. The van der Waals surface area contributed by atoms with E-state index in [0.717, 1.165) is 30.9 Å². The average molecular weight is 340 g/mol. The molecule has 1 aromatic heterocycles. The van der Waals surface area contributed by atoms with E-state index in [1.165, 1.54) is 24.5 Å². The van der Waals surface area contributed by atoms with Crippen molar-refractivity contribution < 1.29 is 10.0 Å². The molecular weight excluding hydrogens is 316 g/mol. The van der Waals surface area contributed by atoms with Gasteiger partial charge >= 0.3 is 0 Å². The molecule has 1 aromatic carbocycles. The van der Waals surface area contributed by atoms with Crippen LogP contribution in [0.1, 0.15) is 35.7 Å². The molecule has 0 bridgehead atoms. The maximum Gasteiger partial charge on any atom is 0.267 e. The molecule has 3 rings (SSSR count). The van der Waals surface area contributed by atoms with Crippen LogP contribution in [0.3, 0.4) is 0 Å². The molecule has 0 aliphatic carbocycles. The maximum atomic E-state index is 11.0. The number of carbonyl (C=O) groups is 1. The molecule has 2 aromatic rings. The van der Waals surface area contributed by atoms with Crippen LogP contribution in [0, 0.1) is 6.92 Å². The van der Waals surface area contributed by atoms with Crippen molar-refractivity contribution in [3.05, 3.63) is 59.4 Å². The van der Waals surface area contributed by atoms with Crippen LogP contribution in [0.15, 0.2) is 42.6 Å². The summed E-state index contributed by atoms with van der Waals surface area (Å²) in [4.78, 5) is 13.5. The highest BCUT2D eigenvalue weighted by molar-refractivity contribution is 5.90. The summed E-state index contributed by atoms with van der Waals surface area (Å²) in [5.74, 6) is -0.528. The Morgan fingerprint density at radius 1 is 1.32 bits per heavy atom. The lowest BCUT2D eigenvalue weighted by Crippen LogP contribution is -2.27. The van der Waals surface area contributed by atoms with Gasteiger partial charge in [0.25, 0.3) is 5.91 Å². The third kappa shape index (κ3) is 4.55. The van der Waals surface area contributed by atoms with E-state index >= 15 is 0 Å². The van der Waals surface area contributed by atoms with Crippen molar-refractivity contribution in [2.75, 3.05) is 13.1 Å². The normalized spacial score (nSPS) is 18.1. The molecule has 1 amide bonds. The highest BCUT2D eigenvalue weighted by atomic mass is 16.5. The predicted octanol–water partition coefficient (Wildman–Crippen LogP) is 2.55. The zero-order valence-corrected chi connectivity index (χ0v) is 14.4. The summed E-state index contributed by atoms with van der Waals surface area (Å²) in [6, 6.07) is 10.7. The van der Waals surface area contributed by atoms with Crippen molar-refractivity contribution in [2.24, 2.45) is 0 Å². The summed E-state index contributed by atoms with van der Waals surface area (Å²) < 4.78 is 2.00. The minimum atomic E-state index is -0.528. The average Bonchev–Trinajstić information content (AvgIpc) is 3.27. The number of benzene rings is 1. The topological polar surface area (TPSA) is 70.4 Å². The number of rotatable bonds is 6. The van der Waals surface area contributed by atoms with E-state index in [1.54, 1.807) is 11.6 Å². The number of aromatic nitrogens is 2. The van der Waals surface area contributed by atoms with Gasteiger partial charge in [-0.15, -0.1) is 0 Å². The van der Waals surface area contributed by atoms with Crippen LogP contribution in [0.4, 0.5) is 0 Å². The van der Waals surface area contributed by atoms with Gasteiger partial charge < -0.3 is 0 Å². The van der Waals surface area contributed by atoms with Gasteiger partial charge in [0.15, 0.2) is 0 Å². The Hall–Kier alpha value is -2.44. The molecule has 25 heavy (non-hydrogen) atoms. The molecule has 1 aliphatic heterocycles. The molecule has 2 N–H and O–H groups in total. The third-order valence-electron chi connectivity index (χ3n) is 4.61. The SMILES string of the molecule is Cc1ccn(CCN2CCCC2c2ccc(C=CC(=O)NO)cc2)n1. The predicted molar refractivity (Wildman–Crippen MR) is 95.9 cm³/mol. The van der Waals surface area contributed by atoms with E-state index in [4.69, 9.17) is 5.21 Å². The quantitative estimate of drug-likeness (QED) is 0.482. The number of nitrogens with zero attached hydrogens (tertiary/aromatic N) is 3. The van der Waals surface area contributed by atoms with E-state index < -0.39 is 5.91 Å². The Bertz CT molecular complexity index is 736. The van der Waals surface area contributed by atoms with Crippen LogP contribution in [-0.2, 0) is 11.3 Å². The molecule has 132 valence electrons. The van der Waals surface area contributed by atoms with E-state index in [-0.39, 0.29) is 0 Å². The number of carbonyl (C=O) groups excluding carboxylic acids is 1. The Labute approximate surface area is 147 Å². The zero-order valence-electron chi connectivity index (χ0n) is 14.4. The van der Waals surface area contributed by atoms with E-state index in [1.807, 2.05) is 36.0 Å². The Morgan fingerprint density at radius 2 is 2.12 bits per heavy atom. The minimum absolute atomic E-state index is 0.440. The lowest BCUT2D eigenvalue weighted by atomic mass is 10.0. The van der Waals surface area contributed by atoms with E-state index in [0.29, 0.717) is 6.04 Å². The van der Waals surface area contributed by atoms with Gasteiger partial charge in [0, 0.05) is 24.9 Å². The number of aryl methyl sites for hydroxylation is 1. The summed E-state index contributed by atoms with van der Waals surface area (Å²) in [6.07, 6.45) is 7.40. The molecule has 1 fully saturated rings. The third-order valence-corrected chi connectivity index (χ3v) is 4.61. The monoisotopic (exact) mass is 340 g/mol. The Kier molecular flexibility index (Phi) is 5.63. The number of hydroxylamine groups is 1. The van der Waals surface area contributed by atoms with Crippen molar-refractivity contribution in [1.82, 2.24) is 20.2 Å². The molecule has 6 heteroatoms. The fraction of sp³-hybridized carbons (Fsp3) is 0.368. The largest absolute Gasteiger partial charge is 0.294 e. The summed E-state index contributed by atoms with van der Waals surface area (Å²) >= 11 is 0. The molecule has 2 heterocycles. The first-order valence-electron chi connectivity index (χ1n) is 8.62. The molecular formula is C19H24N4O2. The second-order valence-corrected chi connectivity index (χ2v) is 6.39. The van der Waals surface area contributed by atoms with Gasteiger partial charge in [-0.3, -0.25) is 19.6 Å². The van der Waals surface area contributed by atoms with Gasteiger partial charge in [-0.25, -0.2) is 5.48 Å². The van der Waals surface area contributed by atoms with Gasteiger partial charge in [-0.1, -0.05) is 24.3 Å². The number of hydrogen-bond donors (Lipinski definition) is 2. The van der Waals surface area contributed by atoms with Crippen LogP contribution in [0.5, 0.6) is 0 Å². The van der Waals surface area contributed by atoms with Gasteiger partial charge in [0.1, 0.15) is 0 Å². The maximum absolute atomic E-state index is 11.0. The standard InChI is InChI=1S/C19H24N4O2/c1-15-10-12-23(20-15)14-13-22-11-2-3-18(22)17-7-4-16(5-8-17)6-9-19(24)21-25/h4-10,12,18,25H,2-3,11,13-14H2,1H3,(H,21,24). The van der Waals surface area contributed by atoms with Crippen molar-refractivity contribution in [1.29, 1.82) is 0 Å². The number of likely N-dealkylation sites (tertiary alicyclic amines) is 1. The fourth-order valence-corrected chi connectivity index (χ4v) is 3.33. The summed E-state index contributed by atoms with van der Waals surface area (Å²) in [7, 11) is 0. The molecule has 0 saturated carbocycles. The summed E-state index contributed by atoms with van der Waals surface area (Å²) in [5.41, 5.74) is 4.88. The van der Waals surface area contributed by atoms with Crippen LogP contribution in [0.2, 0.25) is 0 Å². The van der Waals surface area contributed by atoms with E-state index in [2.05, 4.69) is 22.1 Å².